The lowest BCUT2D eigenvalue weighted by Gasteiger charge is -2.20. The van der Waals surface area contributed by atoms with Crippen molar-refractivity contribution >= 4 is 10.0 Å². The standard InChI is InChI=1S/C17H19N3O2S/c1-4-16(12-19)13-20(10-9-15(3)11-18)23(21,22)17-7-5-14(2)6-8-17/h4-9H,10,13H2,1-3H3/b15-9+,16-4-. The smallest absolute Gasteiger partial charge is 0.207 e. The SMILES string of the molecule is C/C=C(/C#N)CN(C/C=C(\C)C#N)S(=O)(=O)c1ccc(C)cc1. The number of sulfonamides is 1. The summed E-state index contributed by atoms with van der Waals surface area (Å²) < 4.78 is 26.8. The minimum Gasteiger partial charge on any atom is -0.207 e. The first kappa shape index (κ1) is 18.6. The molecule has 1 aromatic carbocycles. The predicted molar refractivity (Wildman–Crippen MR) is 88.7 cm³/mol. The number of allylic oxidation sites excluding steroid dienone is 2. The van der Waals surface area contributed by atoms with Gasteiger partial charge in [0.25, 0.3) is 0 Å². The van der Waals surface area contributed by atoms with Crippen molar-refractivity contribution in [1.82, 2.24) is 4.31 Å². The van der Waals surface area contributed by atoms with Crippen LogP contribution in [0.2, 0.25) is 0 Å². The topological polar surface area (TPSA) is 85.0 Å². The molecule has 0 N–H and O–H groups in total. The van der Waals surface area contributed by atoms with Gasteiger partial charge >= 0.3 is 0 Å². The molecule has 0 heterocycles. The molecule has 0 aliphatic heterocycles. The highest BCUT2D eigenvalue weighted by molar-refractivity contribution is 7.89. The molecular weight excluding hydrogens is 310 g/mol. The van der Waals surface area contributed by atoms with Crippen molar-refractivity contribution in [3.05, 3.63) is 53.1 Å². The van der Waals surface area contributed by atoms with E-state index in [2.05, 4.69) is 0 Å². The molecule has 0 atom stereocenters. The highest BCUT2D eigenvalue weighted by atomic mass is 32.2. The summed E-state index contributed by atoms with van der Waals surface area (Å²) in [5.74, 6) is 0. The zero-order valence-electron chi connectivity index (χ0n) is 13.4. The lowest BCUT2D eigenvalue weighted by atomic mass is 10.2. The van der Waals surface area contributed by atoms with Crippen LogP contribution in [-0.2, 0) is 10.0 Å². The van der Waals surface area contributed by atoms with E-state index >= 15 is 0 Å². The third kappa shape index (κ3) is 5.07. The Morgan fingerprint density at radius 1 is 1.22 bits per heavy atom. The fourth-order valence-electron chi connectivity index (χ4n) is 1.77. The van der Waals surface area contributed by atoms with E-state index in [9.17, 15) is 8.42 Å². The molecular formula is C17H19N3O2S. The summed E-state index contributed by atoms with van der Waals surface area (Å²) >= 11 is 0. The molecule has 1 aromatic rings. The molecule has 1 rings (SSSR count). The third-order valence-electron chi connectivity index (χ3n) is 3.27. The fraction of sp³-hybridized carbons (Fsp3) is 0.294. The van der Waals surface area contributed by atoms with Crippen molar-refractivity contribution in [3.8, 4) is 12.1 Å². The molecule has 0 aliphatic carbocycles. The molecule has 6 heteroatoms. The maximum atomic E-state index is 12.8. The van der Waals surface area contributed by atoms with E-state index in [-0.39, 0.29) is 18.0 Å². The van der Waals surface area contributed by atoms with Crippen LogP contribution in [0.5, 0.6) is 0 Å². The number of rotatable bonds is 6. The Kier molecular flexibility index (Phi) is 6.71. The molecule has 120 valence electrons. The first-order valence-corrected chi connectivity index (χ1v) is 8.48. The Balaban J connectivity index is 3.24. The van der Waals surface area contributed by atoms with Crippen molar-refractivity contribution in [2.75, 3.05) is 13.1 Å². The summed E-state index contributed by atoms with van der Waals surface area (Å²) in [6, 6.07) is 10.5. The van der Waals surface area contributed by atoms with E-state index in [1.165, 1.54) is 10.4 Å². The largest absolute Gasteiger partial charge is 0.243 e. The van der Waals surface area contributed by atoms with Crippen LogP contribution in [0.3, 0.4) is 0 Å². The second kappa shape index (κ2) is 8.28. The molecule has 0 radical (unpaired) electrons. The van der Waals surface area contributed by atoms with Gasteiger partial charge in [0.05, 0.1) is 17.0 Å². The van der Waals surface area contributed by atoms with Gasteiger partial charge in [-0.2, -0.15) is 14.8 Å². The van der Waals surface area contributed by atoms with Crippen LogP contribution in [0.15, 0.2) is 52.5 Å². The van der Waals surface area contributed by atoms with Crippen LogP contribution in [0, 0.1) is 29.6 Å². The second-order valence-electron chi connectivity index (χ2n) is 5.04. The molecule has 0 spiro atoms. The number of nitriles is 2. The Labute approximate surface area is 137 Å². The number of hydrogen-bond acceptors (Lipinski definition) is 4. The number of nitrogens with zero attached hydrogens (tertiary/aromatic N) is 3. The maximum Gasteiger partial charge on any atom is 0.243 e. The molecule has 0 amide bonds. The van der Waals surface area contributed by atoms with E-state index in [0.29, 0.717) is 11.1 Å². The van der Waals surface area contributed by atoms with Crippen LogP contribution in [0.1, 0.15) is 19.4 Å². The van der Waals surface area contributed by atoms with Gasteiger partial charge in [-0.3, -0.25) is 0 Å². The van der Waals surface area contributed by atoms with Gasteiger partial charge in [0, 0.05) is 24.2 Å². The van der Waals surface area contributed by atoms with Crippen molar-refractivity contribution < 1.29 is 8.42 Å². The summed E-state index contributed by atoms with van der Waals surface area (Å²) in [5, 5.41) is 17.9. The van der Waals surface area contributed by atoms with Crippen molar-refractivity contribution in [1.29, 1.82) is 10.5 Å². The summed E-state index contributed by atoms with van der Waals surface area (Å²) in [6.45, 7) is 5.18. The third-order valence-corrected chi connectivity index (χ3v) is 5.10. The maximum absolute atomic E-state index is 12.8. The molecule has 5 nitrogen and oxygen atoms in total. The Morgan fingerprint density at radius 2 is 1.83 bits per heavy atom. The van der Waals surface area contributed by atoms with Crippen LogP contribution >= 0.6 is 0 Å². The average Bonchev–Trinajstić information content (AvgIpc) is 2.55. The molecule has 0 aliphatic rings. The van der Waals surface area contributed by atoms with E-state index in [1.807, 2.05) is 19.1 Å². The molecule has 0 unspecified atom stereocenters. The first-order chi connectivity index (χ1) is 10.8. The van der Waals surface area contributed by atoms with Crippen molar-refractivity contribution in [3.63, 3.8) is 0 Å². The minimum absolute atomic E-state index is 0.0293. The number of hydrogen-bond donors (Lipinski definition) is 0. The quantitative estimate of drug-likeness (QED) is 0.751. The normalized spacial score (nSPS) is 12.8. The molecule has 0 fully saturated rings. The van der Waals surface area contributed by atoms with Gasteiger partial charge in [0.15, 0.2) is 0 Å². The average molecular weight is 329 g/mol. The van der Waals surface area contributed by atoms with Crippen LogP contribution in [0.4, 0.5) is 0 Å². The van der Waals surface area contributed by atoms with Crippen LogP contribution < -0.4 is 0 Å². The van der Waals surface area contributed by atoms with Gasteiger partial charge in [-0.15, -0.1) is 0 Å². The van der Waals surface area contributed by atoms with Crippen LogP contribution in [-0.4, -0.2) is 25.8 Å². The van der Waals surface area contributed by atoms with Crippen LogP contribution in [0.25, 0.3) is 0 Å². The monoisotopic (exact) mass is 329 g/mol. The van der Waals surface area contributed by atoms with E-state index < -0.39 is 10.0 Å². The molecule has 0 bridgehead atoms. The predicted octanol–water partition coefficient (Wildman–Crippen LogP) is 2.93. The highest BCUT2D eigenvalue weighted by Crippen LogP contribution is 2.18. The summed E-state index contributed by atoms with van der Waals surface area (Å²) in [7, 11) is -3.75. The lowest BCUT2D eigenvalue weighted by Crippen LogP contribution is -2.33. The Morgan fingerprint density at radius 3 is 2.30 bits per heavy atom. The molecule has 23 heavy (non-hydrogen) atoms. The van der Waals surface area contributed by atoms with E-state index in [1.54, 1.807) is 44.2 Å². The molecule has 0 aromatic heterocycles. The Hall–Kier alpha value is -2.41. The zero-order valence-corrected chi connectivity index (χ0v) is 14.3. The molecule has 0 saturated carbocycles. The second-order valence-corrected chi connectivity index (χ2v) is 6.97. The van der Waals surface area contributed by atoms with E-state index in [4.69, 9.17) is 10.5 Å². The number of benzene rings is 1. The van der Waals surface area contributed by atoms with Crippen molar-refractivity contribution in [2.45, 2.75) is 25.7 Å². The van der Waals surface area contributed by atoms with Crippen molar-refractivity contribution in [2.24, 2.45) is 0 Å². The van der Waals surface area contributed by atoms with Gasteiger partial charge in [-0.05, 0) is 32.9 Å². The molecule has 0 saturated heterocycles. The Bertz CT molecular complexity index is 792. The van der Waals surface area contributed by atoms with Gasteiger partial charge in [0.1, 0.15) is 0 Å². The summed E-state index contributed by atoms with van der Waals surface area (Å²) in [6.07, 6.45) is 3.12. The van der Waals surface area contributed by atoms with Gasteiger partial charge in [0.2, 0.25) is 10.0 Å². The summed E-state index contributed by atoms with van der Waals surface area (Å²) in [4.78, 5) is 0.166. The summed E-state index contributed by atoms with van der Waals surface area (Å²) in [5.41, 5.74) is 1.73. The number of aryl methyl sites for hydroxylation is 1. The van der Waals surface area contributed by atoms with E-state index in [0.717, 1.165) is 5.56 Å². The van der Waals surface area contributed by atoms with Gasteiger partial charge < -0.3 is 0 Å². The van der Waals surface area contributed by atoms with Gasteiger partial charge in [-0.1, -0.05) is 29.8 Å². The minimum atomic E-state index is -3.75. The van der Waals surface area contributed by atoms with Gasteiger partial charge in [-0.25, -0.2) is 8.42 Å². The lowest BCUT2D eigenvalue weighted by molar-refractivity contribution is 0.469. The highest BCUT2D eigenvalue weighted by Gasteiger charge is 2.24. The first-order valence-electron chi connectivity index (χ1n) is 7.04. The fourth-order valence-corrected chi connectivity index (χ4v) is 3.13. The zero-order chi connectivity index (χ0) is 17.5.